The van der Waals surface area contributed by atoms with E-state index >= 15 is 0 Å². The van der Waals surface area contributed by atoms with Crippen molar-refractivity contribution < 1.29 is 58.0 Å². The largest absolute Gasteiger partial charge is 0.466 e. The molecule has 0 unspecified atom stereocenters. The lowest BCUT2D eigenvalue weighted by molar-refractivity contribution is -0.140. The summed E-state index contributed by atoms with van der Waals surface area (Å²) in [6, 6.07) is 5.96. The number of hydrogen-bond donors (Lipinski definition) is 4. The van der Waals surface area contributed by atoms with Gasteiger partial charge < -0.3 is 14.8 Å². The first-order valence-electron chi connectivity index (χ1n) is 12.1. The van der Waals surface area contributed by atoms with Crippen LogP contribution in [0.25, 0.3) is 6.08 Å². The van der Waals surface area contributed by atoms with Gasteiger partial charge in [0, 0.05) is 13.0 Å². The molecule has 0 aliphatic heterocycles. The molecule has 0 saturated heterocycles. The lowest BCUT2D eigenvalue weighted by atomic mass is 9.96. The molecule has 1 aromatic carbocycles. The molecule has 1 aliphatic carbocycles. The predicted octanol–water partition coefficient (Wildman–Crippen LogP) is 2.73. The second-order valence-electron chi connectivity index (χ2n) is 8.48. The van der Waals surface area contributed by atoms with Crippen molar-refractivity contribution in [3.05, 3.63) is 36.4 Å². The molecule has 1 amide bonds. The zero-order valence-electron chi connectivity index (χ0n) is 22.1. The summed E-state index contributed by atoms with van der Waals surface area (Å²) in [5.41, 5.74) is 0.808. The number of amides is 1. The highest BCUT2D eigenvalue weighted by atomic mass is 32.2. The number of nitrogens with one attached hydrogen (secondary N) is 1. The number of carbonyl (C=O) groups excluding carboxylic acids is 2. The van der Waals surface area contributed by atoms with Crippen molar-refractivity contribution in [2.45, 2.75) is 62.8 Å². The maximum Gasteiger partial charge on any atom is 0.407 e. The fourth-order valence-electron chi connectivity index (χ4n) is 3.09. The average Bonchev–Trinajstić information content (AvgIpc) is 2.84. The Morgan fingerprint density at radius 3 is 1.75 bits per heavy atom. The first kappa shape index (κ1) is 37.4. The molecular weight excluding hydrogens is 594 g/mol. The van der Waals surface area contributed by atoms with Crippen molar-refractivity contribution in [3.63, 3.8) is 0 Å². The highest BCUT2D eigenvalue weighted by molar-refractivity contribution is 7.86. The number of esters is 1. The van der Waals surface area contributed by atoms with E-state index < -0.39 is 42.4 Å². The minimum atomic E-state index is -4.06. The van der Waals surface area contributed by atoms with Crippen LogP contribution in [0.2, 0.25) is 0 Å². The van der Waals surface area contributed by atoms with E-state index in [0.717, 1.165) is 31.2 Å². The smallest absolute Gasteiger partial charge is 0.407 e. The van der Waals surface area contributed by atoms with Crippen molar-refractivity contribution in [1.29, 1.82) is 0 Å². The van der Waals surface area contributed by atoms with Crippen LogP contribution in [0.1, 0.15) is 57.4 Å². The summed E-state index contributed by atoms with van der Waals surface area (Å²) in [5, 5.41) is 2.74. The summed E-state index contributed by atoms with van der Waals surface area (Å²) in [6.07, 6.45) is 6.71. The highest BCUT2D eigenvalue weighted by Crippen LogP contribution is 2.17. The van der Waals surface area contributed by atoms with Crippen LogP contribution in [0.15, 0.2) is 35.7 Å². The molecule has 0 spiro atoms. The minimum Gasteiger partial charge on any atom is -0.466 e. The van der Waals surface area contributed by atoms with Gasteiger partial charge in [0.25, 0.3) is 30.4 Å². The molecule has 0 radical (unpaired) electrons. The first-order chi connectivity index (χ1) is 18.4. The molecule has 40 heavy (non-hydrogen) atoms. The van der Waals surface area contributed by atoms with E-state index in [4.69, 9.17) is 18.4 Å². The predicted molar refractivity (Wildman–Crippen MR) is 146 cm³/mol. The van der Waals surface area contributed by atoms with Gasteiger partial charge in [0.15, 0.2) is 0 Å². The Balaban J connectivity index is 0.000000590. The summed E-state index contributed by atoms with van der Waals surface area (Å²) in [6.45, 7) is 4.76. The van der Waals surface area contributed by atoms with Gasteiger partial charge >= 0.3 is 12.1 Å². The van der Waals surface area contributed by atoms with Gasteiger partial charge in [0.2, 0.25) is 0 Å². The normalized spacial score (nSPS) is 13.9. The molecule has 4 N–H and O–H groups in total. The number of ether oxygens (including phenoxy) is 2. The van der Waals surface area contributed by atoms with Crippen molar-refractivity contribution in [3.8, 4) is 0 Å². The maximum atomic E-state index is 11.3. The Bertz CT molecular complexity index is 1240. The summed E-state index contributed by atoms with van der Waals surface area (Å²) in [4.78, 5) is 21.3. The van der Waals surface area contributed by atoms with E-state index in [1.54, 1.807) is 18.2 Å². The van der Waals surface area contributed by atoms with Crippen molar-refractivity contribution >= 4 is 48.5 Å². The second-order valence-corrected chi connectivity index (χ2v) is 13.0. The van der Waals surface area contributed by atoms with Crippen LogP contribution in [-0.4, -0.2) is 81.7 Å². The molecule has 17 heteroatoms. The quantitative estimate of drug-likeness (QED) is 0.157. The lowest BCUT2D eigenvalue weighted by Gasteiger charge is -2.22. The number of carbonyl (C=O) groups is 2. The SMILES string of the molecule is C=Cc1ccc(S(=O)(=O)O)cc1.CC(=O)OCCCS(=O)(=O)O.O=C(NC1CCCCC1)OCCCS(=O)(=O)O. The Hall–Kier alpha value is -2.57. The van der Waals surface area contributed by atoms with Gasteiger partial charge in [-0.15, -0.1) is 0 Å². The van der Waals surface area contributed by atoms with Crippen LogP contribution in [0.5, 0.6) is 0 Å². The lowest BCUT2D eigenvalue weighted by Crippen LogP contribution is -2.36. The zero-order chi connectivity index (χ0) is 30.8. The van der Waals surface area contributed by atoms with Gasteiger partial charge in [0.05, 0.1) is 29.6 Å². The molecule has 0 atom stereocenters. The van der Waals surface area contributed by atoms with Crippen LogP contribution in [0.3, 0.4) is 0 Å². The summed E-state index contributed by atoms with van der Waals surface area (Å²) >= 11 is 0. The number of benzene rings is 1. The third kappa shape index (κ3) is 22.3. The van der Waals surface area contributed by atoms with E-state index in [0.29, 0.717) is 0 Å². The Morgan fingerprint density at radius 1 is 0.875 bits per heavy atom. The second kappa shape index (κ2) is 18.7. The third-order valence-electron chi connectivity index (χ3n) is 4.97. The van der Waals surface area contributed by atoms with E-state index in [-0.39, 0.29) is 48.5 Å². The molecule has 14 nitrogen and oxygen atoms in total. The van der Waals surface area contributed by atoms with E-state index in [2.05, 4.69) is 16.6 Å². The van der Waals surface area contributed by atoms with Gasteiger partial charge in [-0.2, -0.15) is 25.3 Å². The molecule has 0 bridgehead atoms. The van der Waals surface area contributed by atoms with Gasteiger partial charge in [-0.25, -0.2) is 4.79 Å². The molecule has 230 valence electrons. The first-order valence-corrected chi connectivity index (χ1v) is 16.8. The summed E-state index contributed by atoms with van der Waals surface area (Å²) in [5.74, 6) is -1.22. The summed E-state index contributed by atoms with van der Waals surface area (Å²) in [7, 11) is -11.9. The van der Waals surface area contributed by atoms with Crippen molar-refractivity contribution in [1.82, 2.24) is 5.32 Å². The summed E-state index contributed by atoms with van der Waals surface area (Å²) < 4.78 is 96.6. The van der Waals surface area contributed by atoms with E-state index in [9.17, 15) is 34.8 Å². The van der Waals surface area contributed by atoms with Crippen LogP contribution < -0.4 is 5.32 Å². The molecule has 1 aliphatic rings. The Labute approximate surface area is 235 Å². The van der Waals surface area contributed by atoms with Gasteiger partial charge in [-0.3, -0.25) is 18.5 Å². The Morgan fingerprint density at radius 2 is 1.35 bits per heavy atom. The highest BCUT2D eigenvalue weighted by Gasteiger charge is 2.16. The third-order valence-corrected chi connectivity index (χ3v) is 7.45. The molecule has 0 heterocycles. The fraction of sp³-hybridized carbons (Fsp3) is 0.565. The molecule has 2 rings (SSSR count). The van der Waals surface area contributed by atoms with Gasteiger partial charge in [0.1, 0.15) is 0 Å². The fourth-order valence-corrected chi connectivity index (χ4v) is 4.54. The molecule has 0 aromatic heterocycles. The van der Waals surface area contributed by atoms with Crippen molar-refractivity contribution in [2.24, 2.45) is 0 Å². The molecule has 1 fully saturated rings. The van der Waals surface area contributed by atoms with Crippen LogP contribution >= 0.6 is 0 Å². The minimum absolute atomic E-state index is 0.00164. The molecular formula is C23H37NO13S3. The van der Waals surface area contributed by atoms with Crippen LogP contribution in [-0.2, 0) is 44.6 Å². The van der Waals surface area contributed by atoms with Gasteiger partial charge in [-0.1, -0.05) is 44.1 Å². The standard InChI is InChI=1S/C10H19NO5S.C8H8O3S.C5H10O5S/c12-10(11-9-5-2-1-3-6-9)16-7-4-8-17(13,14)15;1-2-7-3-5-8(6-4-7)12(9,10)11;1-5(6)10-3-2-4-11(7,8)9/h9H,1-8H2,(H,11,12)(H,13,14,15);2-6H,1H2,(H,9,10,11);2-4H2,1H3,(H,7,8,9). The average molecular weight is 632 g/mol. The van der Waals surface area contributed by atoms with Crippen LogP contribution in [0.4, 0.5) is 4.79 Å². The molecule has 1 saturated carbocycles. The van der Waals surface area contributed by atoms with E-state index in [1.807, 2.05) is 0 Å². The number of hydrogen-bond acceptors (Lipinski definition) is 10. The zero-order valence-corrected chi connectivity index (χ0v) is 24.5. The van der Waals surface area contributed by atoms with Crippen molar-refractivity contribution in [2.75, 3.05) is 24.7 Å². The number of rotatable bonds is 11. The van der Waals surface area contributed by atoms with Gasteiger partial charge in [-0.05, 0) is 43.4 Å². The number of alkyl carbamates (subject to hydrolysis) is 1. The topological polar surface area (TPSA) is 228 Å². The van der Waals surface area contributed by atoms with Crippen LogP contribution in [0, 0.1) is 0 Å². The Kier molecular flexibility index (Phi) is 17.5. The maximum absolute atomic E-state index is 11.3. The monoisotopic (exact) mass is 631 g/mol. The van der Waals surface area contributed by atoms with E-state index in [1.165, 1.54) is 25.5 Å². The molecule has 1 aromatic rings.